The molecule has 1 N–H and O–H groups in total. The summed E-state index contributed by atoms with van der Waals surface area (Å²) >= 11 is 0. The average Bonchev–Trinajstić information content (AvgIpc) is 3.10. The zero-order valence-corrected chi connectivity index (χ0v) is 16.2. The van der Waals surface area contributed by atoms with Crippen molar-refractivity contribution in [3.63, 3.8) is 0 Å². The molecule has 2 aromatic carbocycles. The van der Waals surface area contributed by atoms with Crippen LogP contribution in [0.1, 0.15) is 23.0 Å². The number of ether oxygens (including phenoxy) is 4. The second kappa shape index (κ2) is 8.47. The molecule has 28 heavy (non-hydrogen) atoms. The van der Waals surface area contributed by atoms with Crippen LogP contribution in [0.2, 0.25) is 0 Å². The molecular formula is C21H22N2O5. The summed E-state index contributed by atoms with van der Waals surface area (Å²) in [5.74, 6) is 1.10. The molecular weight excluding hydrogens is 360 g/mol. The highest BCUT2D eigenvalue weighted by Gasteiger charge is 2.18. The van der Waals surface area contributed by atoms with Crippen LogP contribution in [0, 0.1) is 0 Å². The molecule has 0 aliphatic rings. The van der Waals surface area contributed by atoms with Gasteiger partial charge in [-0.05, 0) is 25.1 Å². The number of hydrogen-bond acceptors (Lipinski definition) is 6. The van der Waals surface area contributed by atoms with Gasteiger partial charge in [-0.3, -0.25) is 4.99 Å². The van der Waals surface area contributed by atoms with Gasteiger partial charge in [0, 0.05) is 22.7 Å². The second-order valence-electron chi connectivity index (χ2n) is 5.83. The number of benzene rings is 2. The van der Waals surface area contributed by atoms with Crippen LogP contribution in [0.4, 0.5) is 5.69 Å². The standard InChI is InChI=1S/C21H22N2O5/c1-5-28-21(24)19-18(14-8-6-7-9-15(14)23-19)22-12-13-10-16(25-2)20(27-4)17(11-13)26-3/h6-12,23H,5H2,1-4H3. The average molecular weight is 382 g/mol. The SMILES string of the molecule is CCOC(=O)c1[nH]c2ccccc2c1N=Cc1cc(OC)c(OC)c(OC)c1. The maximum atomic E-state index is 12.3. The van der Waals surface area contributed by atoms with Crippen molar-refractivity contribution < 1.29 is 23.7 Å². The molecule has 7 heteroatoms. The molecule has 0 radical (unpaired) electrons. The first-order chi connectivity index (χ1) is 13.6. The summed E-state index contributed by atoms with van der Waals surface area (Å²) in [5, 5.41) is 0.828. The Kier molecular flexibility index (Phi) is 5.84. The molecule has 0 saturated heterocycles. The highest BCUT2D eigenvalue weighted by molar-refractivity contribution is 6.06. The van der Waals surface area contributed by atoms with E-state index in [-0.39, 0.29) is 6.61 Å². The number of H-pyrrole nitrogens is 1. The van der Waals surface area contributed by atoms with E-state index in [1.807, 2.05) is 24.3 Å². The highest BCUT2D eigenvalue weighted by atomic mass is 16.5. The number of rotatable bonds is 7. The number of para-hydroxylation sites is 1. The Morgan fingerprint density at radius 3 is 2.36 bits per heavy atom. The number of methoxy groups -OCH3 is 3. The third-order valence-electron chi connectivity index (χ3n) is 4.19. The van der Waals surface area contributed by atoms with Crippen LogP contribution in [0.15, 0.2) is 41.4 Å². The molecule has 0 bridgehead atoms. The fourth-order valence-electron chi connectivity index (χ4n) is 2.93. The molecule has 0 amide bonds. The third kappa shape index (κ3) is 3.64. The summed E-state index contributed by atoms with van der Waals surface area (Å²) in [6.45, 7) is 2.05. The lowest BCUT2D eigenvalue weighted by Crippen LogP contribution is -2.05. The Balaban J connectivity index is 2.08. The van der Waals surface area contributed by atoms with Gasteiger partial charge in [0.05, 0.1) is 27.9 Å². The van der Waals surface area contributed by atoms with E-state index in [2.05, 4.69) is 9.98 Å². The predicted octanol–water partition coefficient (Wildman–Crippen LogP) is 4.12. The van der Waals surface area contributed by atoms with E-state index in [9.17, 15) is 4.79 Å². The Hall–Kier alpha value is -3.48. The van der Waals surface area contributed by atoms with Crippen LogP contribution in [0.5, 0.6) is 17.2 Å². The number of aromatic nitrogens is 1. The van der Waals surface area contributed by atoms with Crippen LogP contribution >= 0.6 is 0 Å². The van der Waals surface area contributed by atoms with Crippen molar-refractivity contribution in [3.8, 4) is 17.2 Å². The van der Waals surface area contributed by atoms with Crippen LogP contribution in [-0.2, 0) is 4.74 Å². The summed E-state index contributed by atoms with van der Waals surface area (Å²) in [6, 6.07) is 11.1. The monoisotopic (exact) mass is 382 g/mol. The molecule has 0 fully saturated rings. The van der Waals surface area contributed by atoms with Crippen molar-refractivity contribution in [2.45, 2.75) is 6.92 Å². The lowest BCUT2D eigenvalue weighted by atomic mass is 10.2. The number of hydrogen-bond donors (Lipinski definition) is 1. The molecule has 0 saturated carbocycles. The van der Waals surface area contributed by atoms with Gasteiger partial charge in [0.1, 0.15) is 5.69 Å². The number of carbonyl (C=O) groups is 1. The maximum absolute atomic E-state index is 12.3. The van der Waals surface area contributed by atoms with Gasteiger partial charge in [0.25, 0.3) is 0 Å². The fraction of sp³-hybridized carbons (Fsp3) is 0.238. The van der Waals surface area contributed by atoms with Crippen LogP contribution in [-0.4, -0.2) is 45.1 Å². The van der Waals surface area contributed by atoms with Gasteiger partial charge < -0.3 is 23.9 Å². The third-order valence-corrected chi connectivity index (χ3v) is 4.19. The van der Waals surface area contributed by atoms with E-state index in [0.717, 1.165) is 16.5 Å². The zero-order valence-electron chi connectivity index (χ0n) is 16.2. The number of nitrogens with zero attached hydrogens (tertiary/aromatic N) is 1. The smallest absolute Gasteiger partial charge is 0.357 e. The maximum Gasteiger partial charge on any atom is 0.357 e. The Morgan fingerprint density at radius 2 is 1.75 bits per heavy atom. The van der Waals surface area contributed by atoms with Crippen molar-refractivity contribution in [1.82, 2.24) is 4.98 Å². The Labute approximate surface area is 162 Å². The van der Waals surface area contributed by atoms with Crippen molar-refractivity contribution in [3.05, 3.63) is 47.7 Å². The van der Waals surface area contributed by atoms with Crippen molar-refractivity contribution in [2.24, 2.45) is 4.99 Å². The number of aromatic amines is 1. The summed E-state index contributed by atoms with van der Waals surface area (Å²) < 4.78 is 21.2. The highest BCUT2D eigenvalue weighted by Crippen LogP contribution is 2.38. The van der Waals surface area contributed by atoms with Crippen LogP contribution < -0.4 is 14.2 Å². The van der Waals surface area contributed by atoms with Crippen LogP contribution in [0.25, 0.3) is 10.9 Å². The van der Waals surface area contributed by atoms with E-state index in [4.69, 9.17) is 18.9 Å². The molecule has 7 nitrogen and oxygen atoms in total. The van der Waals surface area contributed by atoms with Gasteiger partial charge in [-0.1, -0.05) is 18.2 Å². The number of carbonyl (C=O) groups excluding carboxylic acids is 1. The Bertz CT molecular complexity index is 998. The molecule has 1 heterocycles. The van der Waals surface area contributed by atoms with Gasteiger partial charge in [0.2, 0.25) is 5.75 Å². The van der Waals surface area contributed by atoms with E-state index in [0.29, 0.717) is 28.6 Å². The molecule has 146 valence electrons. The van der Waals surface area contributed by atoms with Crippen molar-refractivity contribution in [2.75, 3.05) is 27.9 Å². The predicted molar refractivity (Wildman–Crippen MR) is 108 cm³/mol. The lowest BCUT2D eigenvalue weighted by Gasteiger charge is -2.12. The minimum Gasteiger partial charge on any atom is -0.493 e. The van der Waals surface area contributed by atoms with Gasteiger partial charge in [-0.2, -0.15) is 0 Å². The van der Waals surface area contributed by atoms with E-state index < -0.39 is 5.97 Å². The number of esters is 1. The first kappa shape index (κ1) is 19.3. The number of nitrogens with one attached hydrogen (secondary N) is 1. The Morgan fingerprint density at radius 1 is 1.07 bits per heavy atom. The van der Waals surface area contributed by atoms with E-state index in [1.165, 1.54) is 0 Å². The fourth-order valence-corrected chi connectivity index (χ4v) is 2.93. The van der Waals surface area contributed by atoms with Gasteiger partial charge in [0.15, 0.2) is 17.2 Å². The molecule has 3 aromatic rings. The van der Waals surface area contributed by atoms with Gasteiger partial charge >= 0.3 is 5.97 Å². The summed E-state index contributed by atoms with van der Waals surface area (Å²) in [6.07, 6.45) is 1.64. The molecule has 1 aromatic heterocycles. The summed E-state index contributed by atoms with van der Waals surface area (Å²) in [5.41, 5.74) is 2.37. The topological polar surface area (TPSA) is 82.1 Å². The minimum absolute atomic E-state index is 0.282. The molecule has 0 unspecified atom stereocenters. The van der Waals surface area contributed by atoms with Gasteiger partial charge in [-0.25, -0.2) is 4.79 Å². The second-order valence-corrected chi connectivity index (χ2v) is 5.83. The zero-order chi connectivity index (χ0) is 20.1. The van der Waals surface area contributed by atoms with E-state index >= 15 is 0 Å². The lowest BCUT2D eigenvalue weighted by molar-refractivity contribution is 0.0521. The summed E-state index contributed by atoms with van der Waals surface area (Å²) in [7, 11) is 4.65. The molecule has 0 aliphatic carbocycles. The summed E-state index contributed by atoms with van der Waals surface area (Å²) in [4.78, 5) is 20.0. The van der Waals surface area contributed by atoms with Crippen molar-refractivity contribution in [1.29, 1.82) is 0 Å². The van der Waals surface area contributed by atoms with Gasteiger partial charge in [-0.15, -0.1) is 0 Å². The molecule has 0 spiro atoms. The molecule has 3 rings (SSSR count). The largest absolute Gasteiger partial charge is 0.493 e. The number of fused-ring (bicyclic) bond motifs is 1. The van der Waals surface area contributed by atoms with Crippen LogP contribution in [0.3, 0.4) is 0 Å². The quantitative estimate of drug-likeness (QED) is 0.491. The molecule has 0 aliphatic heterocycles. The number of aliphatic imine (C=N–C) groups is 1. The first-order valence-corrected chi connectivity index (χ1v) is 8.74. The molecule has 0 atom stereocenters. The normalized spacial score (nSPS) is 11.0. The first-order valence-electron chi connectivity index (χ1n) is 8.74. The van der Waals surface area contributed by atoms with Crippen molar-refractivity contribution >= 4 is 28.8 Å². The minimum atomic E-state index is -0.448. The van der Waals surface area contributed by atoms with E-state index in [1.54, 1.807) is 46.6 Å².